The topological polar surface area (TPSA) is 120 Å². The fraction of sp³-hybridized carbons (Fsp3) is 0.200. The Morgan fingerprint density at radius 2 is 2.00 bits per heavy atom. The van der Waals surface area contributed by atoms with Crippen LogP contribution in [0.2, 0.25) is 0 Å². The van der Waals surface area contributed by atoms with Crippen LogP contribution in [0.3, 0.4) is 0 Å². The Morgan fingerprint density at radius 1 is 1.21 bits per heavy atom. The largest absolute Gasteiger partial charge is 0.460 e. The smallest absolute Gasteiger partial charge is 0.418 e. The van der Waals surface area contributed by atoms with Gasteiger partial charge >= 0.3 is 12.1 Å². The summed E-state index contributed by atoms with van der Waals surface area (Å²) in [5, 5.41) is 17.4. The van der Waals surface area contributed by atoms with Crippen molar-refractivity contribution in [2.75, 3.05) is 11.9 Å². The summed E-state index contributed by atoms with van der Waals surface area (Å²) in [7, 11) is 0. The molecule has 0 radical (unpaired) electrons. The van der Waals surface area contributed by atoms with Crippen molar-refractivity contribution >= 4 is 34.4 Å². The molecule has 0 aliphatic heterocycles. The Balaban J connectivity index is 1.90. The highest BCUT2D eigenvalue weighted by molar-refractivity contribution is 5.90. The minimum atomic E-state index is -4.59. The second kappa shape index (κ2) is 6.44. The number of nitrogens with zero attached hydrogens (tertiary/aromatic N) is 6. The molecule has 13 heteroatoms. The first kappa shape index (κ1) is 17.6. The number of hydrogen-bond acceptors (Lipinski definition) is 9. The zero-order chi connectivity index (χ0) is 19.9. The van der Waals surface area contributed by atoms with Crippen molar-refractivity contribution < 1.29 is 27.3 Å². The lowest BCUT2D eigenvalue weighted by atomic mass is 10.1. The Kier molecular flexibility index (Phi) is 4.05. The van der Waals surface area contributed by atoms with Gasteiger partial charge in [-0.3, -0.25) is 0 Å². The molecule has 0 unspecified atom stereocenters. The molecule has 0 fully saturated rings. The number of esters is 1. The molecule has 0 saturated heterocycles. The molecule has 0 spiro atoms. The molecule has 28 heavy (non-hydrogen) atoms. The summed E-state index contributed by atoms with van der Waals surface area (Å²) < 4.78 is 50.5. The highest BCUT2D eigenvalue weighted by atomic mass is 19.4. The number of alkyl halides is 3. The highest BCUT2D eigenvalue weighted by Gasteiger charge is 2.33. The van der Waals surface area contributed by atoms with Crippen LogP contribution in [0.15, 0.2) is 28.9 Å². The van der Waals surface area contributed by atoms with E-state index in [0.717, 1.165) is 10.5 Å². The van der Waals surface area contributed by atoms with Gasteiger partial charge < -0.3 is 10.1 Å². The molecule has 4 aromatic rings. The van der Waals surface area contributed by atoms with Crippen LogP contribution in [-0.4, -0.2) is 42.5 Å². The first-order valence-corrected chi connectivity index (χ1v) is 7.88. The Bertz CT molecular complexity index is 1180. The second-order valence-corrected chi connectivity index (χ2v) is 5.44. The van der Waals surface area contributed by atoms with E-state index >= 15 is 0 Å². The van der Waals surface area contributed by atoms with E-state index in [9.17, 15) is 18.0 Å². The Hall–Kier alpha value is -3.77. The van der Waals surface area contributed by atoms with Gasteiger partial charge in [0.2, 0.25) is 22.8 Å². The molecule has 1 N–H and O–H groups in total. The number of fused-ring (bicyclic) bond motifs is 3. The molecule has 10 nitrogen and oxygen atoms in total. The summed E-state index contributed by atoms with van der Waals surface area (Å²) in [6.07, 6.45) is -4.59. The van der Waals surface area contributed by atoms with E-state index < -0.39 is 17.7 Å². The number of nitrogens with one attached hydrogen (secondary N) is 1. The average molecular weight is 393 g/mol. The molecular formula is C15H10F3N7O3. The summed E-state index contributed by atoms with van der Waals surface area (Å²) in [5.74, 6) is -1.16. The summed E-state index contributed by atoms with van der Waals surface area (Å²) in [5.41, 5.74) is -1.27. The quantitative estimate of drug-likeness (QED) is 0.522. The predicted octanol–water partition coefficient (Wildman–Crippen LogP) is 2.60. The van der Waals surface area contributed by atoms with E-state index in [1.54, 1.807) is 6.92 Å². The first-order valence-electron chi connectivity index (χ1n) is 7.88. The normalized spacial score (nSPS) is 11.9. The van der Waals surface area contributed by atoms with Crippen molar-refractivity contribution in [1.82, 2.24) is 29.9 Å². The third-order valence-electron chi connectivity index (χ3n) is 3.70. The lowest BCUT2D eigenvalue weighted by Gasteiger charge is -2.14. The summed E-state index contributed by atoms with van der Waals surface area (Å²) >= 11 is 0. The van der Waals surface area contributed by atoms with E-state index in [1.807, 2.05) is 0 Å². The maximum Gasteiger partial charge on any atom is 0.418 e. The number of para-hydroxylation sites is 1. The number of carbonyl (C=O) groups is 1. The molecule has 3 aromatic heterocycles. The monoisotopic (exact) mass is 393 g/mol. The SMILES string of the molecule is CCOC(=O)c1nnc2c(Nc3ccccc3C(F)(F)F)nc3nonc3n12. The van der Waals surface area contributed by atoms with Gasteiger partial charge in [-0.15, -0.1) is 10.2 Å². The molecule has 4 rings (SSSR count). The van der Waals surface area contributed by atoms with Gasteiger partial charge in [0.05, 0.1) is 17.9 Å². The highest BCUT2D eigenvalue weighted by Crippen LogP contribution is 2.36. The van der Waals surface area contributed by atoms with Crippen LogP contribution >= 0.6 is 0 Å². The fourth-order valence-electron chi connectivity index (χ4n) is 2.56. The minimum absolute atomic E-state index is 0.0118. The maximum absolute atomic E-state index is 13.3. The molecule has 0 saturated carbocycles. The van der Waals surface area contributed by atoms with Crippen LogP contribution in [0, 0.1) is 0 Å². The Labute approximate surface area is 153 Å². The molecular weight excluding hydrogens is 383 g/mol. The van der Waals surface area contributed by atoms with Crippen molar-refractivity contribution in [3.05, 3.63) is 35.7 Å². The first-order chi connectivity index (χ1) is 13.4. The molecule has 1 aromatic carbocycles. The van der Waals surface area contributed by atoms with Crippen LogP contribution < -0.4 is 5.32 Å². The van der Waals surface area contributed by atoms with Crippen molar-refractivity contribution in [2.45, 2.75) is 13.1 Å². The van der Waals surface area contributed by atoms with E-state index in [1.165, 1.54) is 18.2 Å². The number of aromatic nitrogens is 6. The summed E-state index contributed by atoms with van der Waals surface area (Å²) in [6.45, 7) is 1.69. The number of anilines is 2. The van der Waals surface area contributed by atoms with Crippen LogP contribution in [0.1, 0.15) is 23.1 Å². The third kappa shape index (κ3) is 2.86. The summed E-state index contributed by atoms with van der Waals surface area (Å²) in [4.78, 5) is 16.2. The fourth-order valence-corrected chi connectivity index (χ4v) is 2.56. The van der Waals surface area contributed by atoms with Gasteiger partial charge in [0, 0.05) is 0 Å². The van der Waals surface area contributed by atoms with E-state index in [0.29, 0.717) is 0 Å². The van der Waals surface area contributed by atoms with Gasteiger partial charge in [0.15, 0.2) is 5.82 Å². The van der Waals surface area contributed by atoms with E-state index in [4.69, 9.17) is 4.74 Å². The molecule has 144 valence electrons. The van der Waals surface area contributed by atoms with Gasteiger partial charge in [-0.05, 0) is 29.4 Å². The molecule has 0 amide bonds. The van der Waals surface area contributed by atoms with Gasteiger partial charge in [-0.1, -0.05) is 12.1 Å². The number of benzene rings is 1. The van der Waals surface area contributed by atoms with E-state index in [-0.39, 0.29) is 40.9 Å². The maximum atomic E-state index is 13.3. The zero-order valence-corrected chi connectivity index (χ0v) is 14.1. The molecule has 0 bridgehead atoms. The van der Waals surface area contributed by atoms with Crippen LogP contribution in [0.5, 0.6) is 0 Å². The van der Waals surface area contributed by atoms with Crippen molar-refractivity contribution in [2.24, 2.45) is 0 Å². The molecule has 0 atom stereocenters. The molecule has 3 heterocycles. The number of rotatable bonds is 4. The van der Waals surface area contributed by atoms with Crippen LogP contribution in [0.4, 0.5) is 24.7 Å². The van der Waals surface area contributed by atoms with Gasteiger partial charge in [-0.25, -0.2) is 18.8 Å². The third-order valence-corrected chi connectivity index (χ3v) is 3.70. The lowest BCUT2D eigenvalue weighted by Crippen LogP contribution is -2.12. The average Bonchev–Trinajstić information content (AvgIpc) is 3.28. The predicted molar refractivity (Wildman–Crippen MR) is 86.8 cm³/mol. The minimum Gasteiger partial charge on any atom is -0.460 e. The van der Waals surface area contributed by atoms with Gasteiger partial charge in [0.25, 0.3) is 0 Å². The van der Waals surface area contributed by atoms with Crippen LogP contribution in [-0.2, 0) is 10.9 Å². The van der Waals surface area contributed by atoms with Gasteiger partial charge in [-0.2, -0.15) is 13.2 Å². The number of ether oxygens (including phenoxy) is 1. The molecule has 0 aliphatic rings. The van der Waals surface area contributed by atoms with E-state index in [2.05, 4.69) is 35.4 Å². The number of halogens is 3. The second-order valence-electron chi connectivity index (χ2n) is 5.44. The van der Waals surface area contributed by atoms with Gasteiger partial charge in [0.1, 0.15) is 0 Å². The number of hydrogen-bond donors (Lipinski definition) is 1. The van der Waals surface area contributed by atoms with Crippen molar-refractivity contribution in [3.63, 3.8) is 0 Å². The Morgan fingerprint density at radius 3 is 2.75 bits per heavy atom. The van der Waals surface area contributed by atoms with Crippen LogP contribution in [0.25, 0.3) is 16.9 Å². The standard InChI is InChI=1S/C15H10F3N7O3/c1-2-27-14(26)13-22-21-11-9(20-10-12(25(11)13)24-28-23-10)19-8-6-4-3-5-7(8)15(16,17)18/h3-6H,2H2,1H3,(H,19,20,23). The zero-order valence-electron chi connectivity index (χ0n) is 14.1. The summed E-state index contributed by atoms with van der Waals surface area (Å²) in [6, 6.07) is 4.84. The van der Waals surface area contributed by atoms with Crippen molar-refractivity contribution in [3.8, 4) is 0 Å². The molecule has 0 aliphatic carbocycles. The van der Waals surface area contributed by atoms with Crippen molar-refractivity contribution in [1.29, 1.82) is 0 Å². The number of carbonyl (C=O) groups excluding carboxylic acids is 1. The lowest BCUT2D eigenvalue weighted by molar-refractivity contribution is -0.136.